The number of nitrogens with zero attached hydrogens (tertiary/aromatic N) is 2. The van der Waals surface area contributed by atoms with Crippen LogP contribution in [-0.2, 0) is 32.4 Å². The average Bonchev–Trinajstić information content (AvgIpc) is 3.20. The van der Waals surface area contributed by atoms with E-state index in [-0.39, 0.29) is 57.2 Å². The van der Waals surface area contributed by atoms with Crippen LogP contribution in [-0.4, -0.2) is 127 Å². The summed E-state index contributed by atoms with van der Waals surface area (Å²) in [5.41, 5.74) is 5.63. The maximum atomic E-state index is 14.7. The van der Waals surface area contributed by atoms with Crippen LogP contribution in [0.1, 0.15) is 117 Å². The van der Waals surface area contributed by atoms with Crippen LogP contribution >= 0.6 is 0 Å². The number of carbonyl (C=O) groups is 3. The molecule has 13 atom stereocenters. The molecule has 0 saturated carbocycles. The van der Waals surface area contributed by atoms with Gasteiger partial charge in [0.1, 0.15) is 6.10 Å². The fourth-order valence-corrected chi connectivity index (χ4v) is 12.2. The number of allylic oxidation sites excluding steroid dienone is 2. The molecule has 0 heterocycles. The molecule has 0 aromatic carbocycles. The van der Waals surface area contributed by atoms with Gasteiger partial charge in [-0.2, -0.15) is 0 Å². The first-order valence-electron chi connectivity index (χ1n) is 24.9. The molecule has 0 radical (unpaired) electrons. The minimum Gasteiger partial charge on any atom is -0.445 e. The van der Waals surface area contributed by atoms with Gasteiger partial charge in [-0.05, 0) is 66.2 Å². The number of carbonyl (C=O) groups excluding carboxylic acids is 3. The van der Waals surface area contributed by atoms with E-state index >= 15 is 0 Å². The van der Waals surface area contributed by atoms with Gasteiger partial charge in [-0.1, -0.05) is 148 Å². The standard InChI is InChI=1S/C52H103N3O10Si3/c1-27-28-29-34(2)44(62-49(53)60)38(6)46(65-68(25,26)52(15,16)17)39(7)47(58)54(18)33-36(4)43(63-66(21,22)50(9,10)11)35(3)30-31-41(56)32-42(57)37(5)45(40(8)48(59)55(19)61-20)64-67(23,24)51(12,13)14/h27-31,34-46,56-57H,1,32-33H2,2-26H3,(H2,53,60)/t34-,35-,36-,37?,38?,39?,40?,41?,42-,43-,44?,45?,46?/m0/s1. The van der Waals surface area contributed by atoms with E-state index in [2.05, 4.69) is 122 Å². The lowest BCUT2D eigenvalue weighted by atomic mass is 9.83. The second kappa shape index (κ2) is 26.5. The molecular formula is C52H103N3O10Si3. The van der Waals surface area contributed by atoms with Crippen molar-refractivity contribution in [1.29, 1.82) is 0 Å². The first-order valence-corrected chi connectivity index (χ1v) is 33.7. The van der Waals surface area contributed by atoms with Gasteiger partial charge in [0.25, 0.3) is 5.91 Å². The minimum atomic E-state index is -2.46. The van der Waals surface area contributed by atoms with Crippen LogP contribution in [0, 0.1) is 41.4 Å². The number of ether oxygens (including phenoxy) is 1. The Bertz CT molecular complexity index is 1650. The number of hydrogen-bond acceptors (Lipinski definition) is 10. The van der Waals surface area contributed by atoms with Gasteiger partial charge in [0.05, 0.1) is 49.5 Å². The van der Waals surface area contributed by atoms with E-state index in [0.29, 0.717) is 6.54 Å². The normalized spacial score (nSPS) is 19.5. The molecule has 13 nitrogen and oxygen atoms in total. The van der Waals surface area contributed by atoms with Crippen LogP contribution in [0.5, 0.6) is 0 Å². The number of rotatable bonds is 27. The topological polar surface area (TPSA) is 170 Å². The number of aliphatic hydroxyl groups excluding tert-OH is 2. The second-order valence-electron chi connectivity index (χ2n) is 24.5. The molecule has 0 rings (SSSR count). The van der Waals surface area contributed by atoms with Crippen molar-refractivity contribution in [2.24, 2.45) is 47.2 Å². The van der Waals surface area contributed by atoms with Crippen molar-refractivity contribution in [1.82, 2.24) is 9.96 Å². The summed E-state index contributed by atoms with van der Waals surface area (Å²) < 4.78 is 26.9. The SMILES string of the molecule is C=CC=C[C@H](C)C(OC(N)=O)C(C)C(O[Si](C)(C)C(C)(C)C)C(C)C(=O)N(C)C[C@H](C)[C@@H](O[Si](C)(C)C(C)(C)C)[C@@H](C)C=CC(O)C[C@H](O)C(C)C(O[Si](C)(C)C(C)(C)C)C(C)C(=O)N(C)OC. The van der Waals surface area contributed by atoms with Crippen molar-refractivity contribution in [3.63, 3.8) is 0 Å². The molecule has 4 N–H and O–H groups in total. The van der Waals surface area contributed by atoms with Gasteiger partial charge >= 0.3 is 6.09 Å². The van der Waals surface area contributed by atoms with Gasteiger partial charge in [-0.15, -0.1) is 0 Å². The summed E-state index contributed by atoms with van der Waals surface area (Å²) in [5, 5.41) is 23.9. The van der Waals surface area contributed by atoms with Crippen LogP contribution < -0.4 is 5.73 Å². The second-order valence-corrected chi connectivity index (χ2v) is 38.8. The van der Waals surface area contributed by atoms with Crippen LogP contribution in [0.4, 0.5) is 4.79 Å². The largest absolute Gasteiger partial charge is 0.445 e. The molecule has 8 unspecified atom stereocenters. The maximum Gasteiger partial charge on any atom is 0.404 e. The summed E-state index contributed by atoms with van der Waals surface area (Å²) in [4.78, 5) is 47.4. The lowest BCUT2D eigenvalue weighted by Crippen LogP contribution is -2.54. The van der Waals surface area contributed by atoms with Crippen molar-refractivity contribution >= 4 is 42.9 Å². The predicted molar refractivity (Wildman–Crippen MR) is 287 cm³/mol. The van der Waals surface area contributed by atoms with Crippen LogP contribution in [0.2, 0.25) is 54.4 Å². The lowest BCUT2D eigenvalue weighted by molar-refractivity contribution is -0.177. The molecule has 0 bridgehead atoms. The third-order valence-corrected chi connectivity index (χ3v) is 29.1. The highest BCUT2D eigenvalue weighted by Gasteiger charge is 2.48. The van der Waals surface area contributed by atoms with E-state index in [1.807, 2.05) is 53.0 Å². The van der Waals surface area contributed by atoms with Gasteiger partial charge in [-0.25, -0.2) is 9.86 Å². The number of nitrogens with two attached hydrogens (primary N) is 1. The Morgan fingerprint density at radius 1 is 0.632 bits per heavy atom. The van der Waals surface area contributed by atoms with Crippen LogP contribution in [0.15, 0.2) is 37.0 Å². The summed E-state index contributed by atoms with van der Waals surface area (Å²) in [7, 11) is -2.40. The fraction of sp³-hybridized carbons (Fsp3) is 0.827. The van der Waals surface area contributed by atoms with E-state index in [1.54, 1.807) is 31.0 Å². The Morgan fingerprint density at radius 2 is 1.03 bits per heavy atom. The van der Waals surface area contributed by atoms with Gasteiger partial charge in [0.15, 0.2) is 25.0 Å². The molecule has 398 valence electrons. The Labute approximate surface area is 418 Å². The molecule has 0 aliphatic carbocycles. The Balaban J connectivity index is 6.91. The number of amides is 3. The molecule has 0 saturated heterocycles. The van der Waals surface area contributed by atoms with Crippen molar-refractivity contribution in [3.8, 4) is 0 Å². The van der Waals surface area contributed by atoms with E-state index in [1.165, 1.54) is 12.2 Å². The highest BCUT2D eigenvalue weighted by Crippen LogP contribution is 2.43. The molecule has 3 amide bonds. The maximum absolute atomic E-state index is 14.7. The monoisotopic (exact) mass is 1010 g/mol. The highest BCUT2D eigenvalue weighted by atomic mass is 28.4. The first-order chi connectivity index (χ1) is 30.5. The highest BCUT2D eigenvalue weighted by molar-refractivity contribution is 6.75. The Hall–Kier alpha value is -2.16. The molecular weight excluding hydrogens is 911 g/mol. The Kier molecular flexibility index (Phi) is 25.7. The van der Waals surface area contributed by atoms with E-state index in [4.69, 9.17) is 28.6 Å². The van der Waals surface area contributed by atoms with Crippen molar-refractivity contribution < 1.29 is 47.4 Å². The zero-order valence-corrected chi connectivity index (χ0v) is 50.6. The molecule has 0 aliphatic heterocycles. The number of primary amides is 1. The van der Waals surface area contributed by atoms with Gasteiger partial charge in [0.2, 0.25) is 5.91 Å². The Morgan fingerprint density at radius 3 is 1.43 bits per heavy atom. The molecule has 0 aliphatic rings. The van der Waals surface area contributed by atoms with Gasteiger partial charge in [-0.3, -0.25) is 14.4 Å². The van der Waals surface area contributed by atoms with E-state index in [0.717, 1.165) is 0 Å². The van der Waals surface area contributed by atoms with Crippen molar-refractivity contribution in [3.05, 3.63) is 37.0 Å². The van der Waals surface area contributed by atoms with E-state index in [9.17, 15) is 24.6 Å². The average molecular weight is 1010 g/mol. The zero-order chi connectivity index (χ0) is 53.9. The zero-order valence-electron chi connectivity index (χ0n) is 47.6. The minimum absolute atomic E-state index is 0.0341. The summed E-state index contributed by atoms with van der Waals surface area (Å²) in [6, 6.07) is 0. The number of aliphatic hydroxyl groups is 2. The fourth-order valence-electron chi connectivity index (χ4n) is 7.80. The molecule has 0 aromatic rings. The molecule has 0 aromatic heterocycles. The summed E-state index contributed by atoms with van der Waals surface area (Å²) in [6.07, 6.45) is 4.01. The molecule has 68 heavy (non-hydrogen) atoms. The number of hydrogen-bond donors (Lipinski definition) is 3. The van der Waals surface area contributed by atoms with Crippen LogP contribution in [0.3, 0.4) is 0 Å². The molecule has 16 heteroatoms. The summed E-state index contributed by atoms with van der Waals surface area (Å²) in [6.45, 7) is 50.3. The predicted octanol–water partition coefficient (Wildman–Crippen LogP) is 11.0. The lowest BCUT2D eigenvalue weighted by Gasteiger charge is -2.45. The van der Waals surface area contributed by atoms with E-state index < -0.39 is 85.2 Å². The van der Waals surface area contributed by atoms with Crippen molar-refractivity contribution in [2.45, 2.75) is 208 Å². The summed E-state index contributed by atoms with van der Waals surface area (Å²) in [5.74, 6) is -3.05. The molecule has 0 fully saturated rings. The quantitative estimate of drug-likeness (QED) is 0.0311. The molecule has 0 spiro atoms. The smallest absolute Gasteiger partial charge is 0.404 e. The first kappa shape index (κ1) is 65.8. The van der Waals surface area contributed by atoms with Crippen molar-refractivity contribution in [2.75, 3.05) is 27.7 Å². The van der Waals surface area contributed by atoms with Gasteiger partial charge in [0, 0.05) is 44.8 Å². The summed E-state index contributed by atoms with van der Waals surface area (Å²) >= 11 is 0. The third kappa shape index (κ3) is 19.1. The van der Waals surface area contributed by atoms with Crippen LogP contribution in [0.25, 0.3) is 0 Å². The third-order valence-electron chi connectivity index (χ3n) is 15.7. The number of hydroxylamine groups is 2. The van der Waals surface area contributed by atoms with Gasteiger partial charge < -0.3 is 38.9 Å².